The van der Waals surface area contributed by atoms with Crippen LogP contribution in [0.3, 0.4) is 0 Å². The fourth-order valence-electron chi connectivity index (χ4n) is 1.75. The molecular formula is C18H18CuF6N4O6S2. The van der Waals surface area contributed by atoms with E-state index < -0.39 is 31.3 Å². The average Bonchev–Trinajstić information content (AvgIpc) is 2.76. The fourth-order valence-corrected chi connectivity index (χ4v) is 1.75. The summed E-state index contributed by atoms with van der Waals surface area (Å²) in [5.74, 6) is 0. The molecule has 0 saturated heterocycles. The van der Waals surface area contributed by atoms with E-state index in [1.807, 2.05) is 50.2 Å². The van der Waals surface area contributed by atoms with Crippen LogP contribution in [-0.4, -0.2) is 71.4 Å². The zero-order chi connectivity index (χ0) is 28.2. The van der Waals surface area contributed by atoms with E-state index in [4.69, 9.17) is 25.9 Å². The summed E-state index contributed by atoms with van der Waals surface area (Å²) < 4.78 is 118. The van der Waals surface area contributed by atoms with Gasteiger partial charge in [-0.05, 0) is 38.1 Å². The first-order valence-corrected chi connectivity index (χ1v) is 12.0. The number of alkyl halides is 6. The molecule has 0 N–H and O–H groups in total. The Morgan fingerprint density at radius 3 is 1.19 bits per heavy atom. The Bertz CT molecular complexity index is 1130. The van der Waals surface area contributed by atoms with Gasteiger partial charge in [0, 0.05) is 12.4 Å². The number of hydrogen-bond acceptors (Lipinski definition) is 10. The maximum atomic E-state index is 10.7. The summed E-state index contributed by atoms with van der Waals surface area (Å²) in [6.45, 7) is 5.26. The summed E-state index contributed by atoms with van der Waals surface area (Å²) in [5.41, 5.74) is -7.58. The molecule has 0 aliphatic heterocycles. The van der Waals surface area contributed by atoms with E-state index >= 15 is 0 Å². The number of rotatable bonds is 5. The van der Waals surface area contributed by atoms with Crippen molar-refractivity contribution in [1.29, 1.82) is 0 Å². The normalized spacial score (nSPS) is 12.8. The van der Waals surface area contributed by atoms with Gasteiger partial charge in [-0.2, -0.15) is 26.3 Å². The van der Waals surface area contributed by atoms with Gasteiger partial charge in [0.25, 0.3) is 0 Å². The van der Waals surface area contributed by atoms with Crippen LogP contribution in [0, 0.1) is 0 Å². The Morgan fingerprint density at radius 2 is 1.00 bits per heavy atom. The summed E-state index contributed by atoms with van der Waals surface area (Å²) in [7, 11) is -12.2. The summed E-state index contributed by atoms with van der Waals surface area (Å²) in [4.78, 5) is 17.5. The van der Waals surface area contributed by atoms with Crippen LogP contribution in [0.15, 0.2) is 58.8 Å². The number of hydrogen-bond donors (Lipinski definition) is 0. The molecule has 2 aromatic rings. The van der Waals surface area contributed by atoms with E-state index in [9.17, 15) is 26.3 Å². The minimum atomic E-state index is -6.09. The second kappa shape index (κ2) is 15.7. The van der Waals surface area contributed by atoms with Crippen LogP contribution in [0.1, 0.15) is 25.2 Å². The van der Waals surface area contributed by atoms with E-state index in [1.165, 1.54) is 0 Å². The van der Waals surface area contributed by atoms with E-state index in [2.05, 4.69) is 20.0 Å². The molecule has 2 aromatic heterocycles. The molecule has 2 rings (SSSR count). The van der Waals surface area contributed by atoms with E-state index in [-0.39, 0.29) is 17.1 Å². The molecule has 0 bridgehead atoms. The Hall–Kier alpha value is -2.44. The third-order valence-electron chi connectivity index (χ3n) is 3.44. The molecule has 0 spiro atoms. The molecule has 0 aliphatic carbocycles. The van der Waals surface area contributed by atoms with Crippen LogP contribution >= 0.6 is 0 Å². The second-order valence-electron chi connectivity index (χ2n) is 6.16. The summed E-state index contributed by atoms with van der Waals surface area (Å²) in [5, 5.41) is 0. The molecule has 0 fully saturated rings. The van der Waals surface area contributed by atoms with Gasteiger partial charge in [0.15, 0.2) is 20.2 Å². The molecule has 2 heterocycles. The molecule has 0 saturated carbocycles. The Labute approximate surface area is 218 Å². The van der Waals surface area contributed by atoms with E-state index in [0.717, 1.165) is 22.8 Å². The Morgan fingerprint density at radius 1 is 0.730 bits per heavy atom. The van der Waals surface area contributed by atoms with Gasteiger partial charge in [-0.15, -0.1) is 0 Å². The van der Waals surface area contributed by atoms with Crippen LogP contribution in [0.5, 0.6) is 0 Å². The molecule has 0 atom stereocenters. The van der Waals surface area contributed by atoms with Crippen LogP contribution < -0.4 is 0 Å². The second-order valence-corrected chi connectivity index (χ2v) is 8.91. The molecule has 37 heavy (non-hydrogen) atoms. The first-order chi connectivity index (χ1) is 16.3. The monoisotopic (exact) mass is 627 g/mol. The molecular weight excluding hydrogens is 610 g/mol. The van der Waals surface area contributed by atoms with Crippen molar-refractivity contribution in [2.24, 2.45) is 9.98 Å². The molecule has 0 amide bonds. The van der Waals surface area contributed by atoms with E-state index in [0.29, 0.717) is 13.1 Å². The number of nitrogens with zero attached hydrogens (tertiary/aromatic N) is 4. The third kappa shape index (κ3) is 15.4. The van der Waals surface area contributed by atoms with Crippen LogP contribution in [0.4, 0.5) is 26.3 Å². The van der Waals surface area contributed by atoms with Crippen molar-refractivity contribution < 1.29 is 69.4 Å². The minimum absolute atomic E-state index is 0. The number of halogens is 6. The smallest absolute Gasteiger partial charge is 0.741 e. The molecule has 0 unspecified atom stereocenters. The maximum absolute atomic E-state index is 10.7. The number of aromatic nitrogens is 2. The summed E-state index contributed by atoms with van der Waals surface area (Å²) in [6.07, 6.45) is 3.55. The van der Waals surface area contributed by atoms with Crippen molar-refractivity contribution in [2.45, 2.75) is 24.9 Å². The molecule has 10 nitrogen and oxygen atoms in total. The quantitative estimate of drug-likeness (QED) is 0.122. The van der Waals surface area contributed by atoms with Gasteiger partial charge in [0.05, 0.1) is 35.9 Å². The molecule has 1 radical (unpaired) electrons. The van der Waals surface area contributed by atoms with E-state index in [1.54, 1.807) is 12.4 Å². The number of aliphatic imine (C=N–C) groups is 2. The largest absolute Gasteiger partial charge is 2.00 e. The molecule has 19 heteroatoms. The first kappa shape index (κ1) is 36.7. The van der Waals surface area contributed by atoms with Gasteiger partial charge in [0.2, 0.25) is 0 Å². The van der Waals surface area contributed by atoms with Crippen molar-refractivity contribution >= 4 is 31.7 Å². The topological polar surface area (TPSA) is 165 Å². The SMILES string of the molecule is CC(=NCCN=C(C)c1ccccn1)c1ccccn1.O=S(=O)([O-])C(F)(F)F.O=S(=O)([O-])C(F)(F)F.[Cu+2]. The van der Waals surface area contributed by atoms with Gasteiger partial charge in [-0.1, -0.05) is 12.1 Å². The third-order valence-corrected chi connectivity index (χ3v) is 4.57. The van der Waals surface area contributed by atoms with Crippen LogP contribution in [-0.2, 0) is 37.3 Å². The van der Waals surface area contributed by atoms with Crippen LogP contribution in [0.2, 0.25) is 0 Å². The van der Waals surface area contributed by atoms with Gasteiger partial charge in [-0.3, -0.25) is 20.0 Å². The van der Waals surface area contributed by atoms with Crippen molar-refractivity contribution in [3.8, 4) is 0 Å². The first-order valence-electron chi connectivity index (χ1n) is 9.16. The Kier molecular flexibility index (Phi) is 15.6. The molecule has 0 aromatic carbocycles. The number of pyridine rings is 2. The van der Waals surface area contributed by atoms with Crippen molar-refractivity contribution in [3.63, 3.8) is 0 Å². The predicted octanol–water partition coefficient (Wildman–Crippen LogP) is 2.90. The zero-order valence-corrected chi connectivity index (χ0v) is 21.2. The predicted molar refractivity (Wildman–Crippen MR) is 114 cm³/mol. The summed E-state index contributed by atoms with van der Waals surface area (Å²) >= 11 is 0. The Balaban J connectivity index is 0. The zero-order valence-electron chi connectivity index (χ0n) is 18.7. The average molecular weight is 628 g/mol. The maximum Gasteiger partial charge on any atom is 2.00 e. The minimum Gasteiger partial charge on any atom is -0.741 e. The van der Waals surface area contributed by atoms with Crippen LogP contribution in [0.25, 0.3) is 0 Å². The standard InChI is InChI=1S/C16H18N4.2CHF3O3S.Cu/c1-13(15-7-3-5-9-19-15)17-11-12-18-14(2)16-8-4-6-10-20-16;2*2-1(3,4)8(5,6)7;/h3-10H,11-12H2,1-2H3;2*(H,5,6,7);/q;;;+2/p-2. The van der Waals surface area contributed by atoms with Gasteiger partial charge in [-0.25, -0.2) is 16.8 Å². The van der Waals surface area contributed by atoms with Crippen molar-refractivity contribution in [3.05, 3.63) is 60.2 Å². The van der Waals surface area contributed by atoms with Gasteiger partial charge in [0.1, 0.15) is 0 Å². The van der Waals surface area contributed by atoms with Gasteiger partial charge < -0.3 is 9.11 Å². The summed E-state index contributed by atoms with van der Waals surface area (Å²) in [6, 6.07) is 11.6. The van der Waals surface area contributed by atoms with Crippen molar-refractivity contribution in [2.75, 3.05) is 13.1 Å². The fraction of sp³-hybridized carbons (Fsp3) is 0.333. The molecule has 0 aliphatic rings. The van der Waals surface area contributed by atoms with Crippen molar-refractivity contribution in [1.82, 2.24) is 9.97 Å². The molecule has 211 valence electrons. The van der Waals surface area contributed by atoms with Gasteiger partial charge >= 0.3 is 28.1 Å².